The van der Waals surface area contributed by atoms with E-state index in [1.165, 1.54) is 0 Å². The third-order valence-corrected chi connectivity index (χ3v) is 4.90. The Hall–Kier alpha value is -1.43. The summed E-state index contributed by atoms with van der Waals surface area (Å²) in [7, 11) is 0. The molecular formula is C19H20Cl2FNO2S. The average Bonchev–Trinajstić information content (AvgIpc) is 2.59. The van der Waals surface area contributed by atoms with Gasteiger partial charge in [-0.3, -0.25) is 4.79 Å². The van der Waals surface area contributed by atoms with Crippen molar-refractivity contribution in [3.63, 3.8) is 0 Å². The Labute approximate surface area is 167 Å². The first-order valence-electron chi connectivity index (χ1n) is 8.14. The predicted octanol–water partition coefficient (Wildman–Crippen LogP) is 6.53. The van der Waals surface area contributed by atoms with Crippen molar-refractivity contribution in [2.75, 3.05) is 4.31 Å². The number of anilines is 1. The van der Waals surface area contributed by atoms with Crippen molar-refractivity contribution in [3.05, 3.63) is 59.7 Å². The first-order chi connectivity index (χ1) is 12.2. The summed E-state index contributed by atoms with van der Waals surface area (Å²) in [4.78, 5) is 13.0. The smallest absolute Gasteiger partial charge is 0.324 e. The summed E-state index contributed by atoms with van der Waals surface area (Å²) >= 11 is 11.5. The van der Waals surface area contributed by atoms with Gasteiger partial charge in [0.05, 0.1) is 11.8 Å². The number of alkyl halides is 3. The van der Waals surface area contributed by atoms with E-state index in [9.17, 15) is 9.18 Å². The van der Waals surface area contributed by atoms with Crippen molar-refractivity contribution in [1.29, 1.82) is 0 Å². The van der Waals surface area contributed by atoms with Crippen LogP contribution in [-0.2, 0) is 0 Å². The summed E-state index contributed by atoms with van der Waals surface area (Å²) in [6.45, 7) is 5.77. The second kappa shape index (κ2) is 8.98. The van der Waals surface area contributed by atoms with Gasteiger partial charge in [0.25, 0.3) is 5.91 Å². The van der Waals surface area contributed by atoms with Crippen molar-refractivity contribution < 1.29 is 13.9 Å². The van der Waals surface area contributed by atoms with Gasteiger partial charge in [-0.05, 0) is 44.0 Å². The normalized spacial score (nSPS) is 12.5. The minimum absolute atomic E-state index is 0.0137. The molecule has 0 N–H and O–H groups in total. The summed E-state index contributed by atoms with van der Waals surface area (Å²) < 4.78 is 18.2. The lowest BCUT2D eigenvalue weighted by Crippen LogP contribution is -2.28. The van der Waals surface area contributed by atoms with Crippen LogP contribution in [0.25, 0.3) is 0 Å². The molecule has 0 aliphatic heterocycles. The third-order valence-electron chi connectivity index (χ3n) is 3.72. The van der Waals surface area contributed by atoms with Crippen molar-refractivity contribution in [3.8, 4) is 5.75 Å². The number of nitrogens with zero attached hydrogens (tertiary/aromatic N) is 1. The zero-order valence-corrected chi connectivity index (χ0v) is 17.0. The van der Waals surface area contributed by atoms with Crippen LogP contribution in [0.4, 0.5) is 10.1 Å². The highest BCUT2D eigenvalue weighted by Crippen LogP contribution is 2.42. The second-order valence-corrected chi connectivity index (χ2v) is 8.58. The molecule has 0 heterocycles. The number of rotatable bonds is 7. The number of carbonyl (C=O) groups excluding carboxylic acids is 1. The standard InChI is InChI=1S/C19H20Cl2FNO2S/c1-4-14(3)25-16-10-7-9-15(12-16)23(26-19(20,21)22)18(24)17-11-6-5-8-13(17)2/h5-12,14H,4H2,1-3H3. The van der Waals surface area contributed by atoms with E-state index in [-0.39, 0.29) is 6.10 Å². The van der Waals surface area contributed by atoms with Crippen LogP contribution in [-0.4, -0.2) is 15.9 Å². The maximum atomic E-state index is 13.9. The number of hydrogen-bond donors (Lipinski definition) is 0. The second-order valence-electron chi connectivity index (χ2n) is 5.79. The number of amides is 1. The Morgan fingerprint density at radius 1 is 1.27 bits per heavy atom. The van der Waals surface area contributed by atoms with Gasteiger partial charge in [-0.2, -0.15) is 4.39 Å². The van der Waals surface area contributed by atoms with Gasteiger partial charge in [0, 0.05) is 23.6 Å². The lowest BCUT2D eigenvalue weighted by Gasteiger charge is -2.25. The molecule has 0 spiro atoms. The fraction of sp³-hybridized carbons (Fsp3) is 0.316. The van der Waals surface area contributed by atoms with Gasteiger partial charge in [-0.25, -0.2) is 4.31 Å². The molecular weight excluding hydrogens is 396 g/mol. The lowest BCUT2D eigenvalue weighted by atomic mass is 10.1. The number of aryl methyl sites for hydroxylation is 1. The molecule has 7 heteroatoms. The van der Waals surface area contributed by atoms with E-state index >= 15 is 0 Å². The molecule has 1 amide bonds. The molecule has 0 bridgehead atoms. The largest absolute Gasteiger partial charge is 0.491 e. The Kier molecular flexibility index (Phi) is 7.21. The summed E-state index contributed by atoms with van der Waals surface area (Å²) in [5.41, 5.74) is 1.63. The summed E-state index contributed by atoms with van der Waals surface area (Å²) in [6, 6.07) is 13.9. The number of ether oxygens (including phenoxy) is 1. The Morgan fingerprint density at radius 3 is 2.58 bits per heavy atom. The zero-order chi connectivity index (χ0) is 19.3. The first-order valence-corrected chi connectivity index (χ1v) is 9.67. The number of halogens is 3. The van der Waals surface area contributed by atoms with E-state index < -0.39 is 9.83 Å². The lowest BCUT2D eigenvalue weighted by molar-refractivity contribution is 0.101. The average molecular weight is 416 g/mol. The van der Waals surface area contributed by atoms with Crippen LogP contribution >= 0.6 is 35.1 Å². The monoisotopic (exact) mass is 415 g/mol. The van der Waals surface area contributed by atoms with Crippen molar-refractivity contribution in [1.82, 2.24) is 0 Å². The van der Waals surface area contributed by atoms with E-state index in [4.69, 9.17) is 27.9 Å². The Bertz CT molecular complexity index is 767. The molecule has 0 aromatic heterocycles. The van der Waals surface area contributed by atoms with Gasteiger partial charge in [-0.1, -0.05) is 54.4 Å². The number of benzene rings is 2. The van der Waals surface area contributed by atoms with Crippen LogP contribution in [0, 0.1) is 6.92 Å². The minimum atomic E-state index is -2.66. The third kappa shape index (κ3) is 5.79. The molecule has 0 radical (unpaired) electrons. The fourth-order valence-corrected chi connectivity index (χ4v) is 3.26. The molecule has 2 rings (SSSR count). The van der Waals surface area contributed by atoms with Crippen molar-refractivity contribution in [2.24, 2.45) is 0 Å². The number of carbonyl (C=O) groups is 1. The van der Waals surface area contributed by atoms with Gasteiger partial charge in [0.15, 0.2) is 0 Å². The van der Waals surface area contributed by atoms with Gasteiger partial charge < -0.3 is 4.74 Å². The number of hydrogen-bond acceptors (Lipinski definition) is 3. The summed E-state index contributed by atoms with van der Waals surface area (Å²) in [5, 5.41) is 0. The highest BCUT2D eigenvalue weighted by Gasteiger charge is 2.32. The van der Waals surface area contributed by atoms with E-state index in [1.807, 2.05) is 32.9 Å². The van der Waals surface area contributed by atoms with Gasteiger partial charge in [0.1, 0.15) is 5.75 Å². The highest BCUT2D eigenvalue weighted by atomic mass is 35.5. The van der Waals surface area contributed by atoms with Crippen LogP contribution in [0.15, 0.2) is 48.5 Å². The molecule has 1 atom stereocenters. The molecule has 0 aliphatic rings. The fourth-order valence-electron chi connectivity index (χ4n) is 2.24. The Morgan fingerprint density at radius 2 is 1.96 bits per heavy atom. The maximum Gasteiger partial charge on any atom is 0.324 e. The van der Waals surface area contributed by atoms with Crippen LogP contribution in [0.2, 0.25) is 0 Å². The van der Waals surface area contributed by atoms with Crippen LogP contribution in [0.5, 0.6) is 5.75 Å². The quantitative estimate of drug-likeness (QED) is 0.380. The van der Waals surface area contributed by atoms with Crippen LogP contribution in [0.1, 0.15) is 36.2 Å². The van der Waals surface area contributed by atoms with E-state index in [0.29, 0.717) is 28.9 Å². The summed E-state index contributed by atoms with van der Waals surface area (Å²) in [6.07, 6.45) is 0.849. The van der Waals surface area contributed by atoms with E-state index in [0.717, 1.165) is 16.3 Å². The topological polar surface area (TPSA) is 29.5 Å². The van der Waals surface area contributed by atoms with Crippen molar-refractivity contribution >= 4 is 46.7 Å². The van der Waals surface area contributed by atoms with E-state index in [2.05, 4.69) is 0 Å². The molecule has 3 nitrogen and oxygen atoms in total. The Balaban J connectivity index is 2.41. The molecule has 2 aromatic rings. The SMILES string of the molecule is CCC(C)Oc1cccc(N(SC(F)(Cl)Cl)C(=O)c2ccccc2C)c1. The van der Waals surface area contributed by atoms with Gasteiger partial charge >= 0.3 is 3.92 Å². The van der Waals surface area contributed by atoms with E-state index in [1.54, 1.807) is 36.4 Å². The molecule has 0 saturated carbocycles. The minimum Gasteiger partial charge on any atom is -0.491 e. The molecule has 0 saturated heterocycles. The molecule has 1 unspecified atom stereocenters. The molecule has 2 aromatic carbocycles. The zero-order valence-electron chi connectivity index (χ0n) is 14.7. The summed E-state index contributed by atoms with van der Waals surface area (Å²) in [5.74, 6) is 0.158. The first kappa shape index (κ1) is 20.9. The molecule has 0 fully saturated rings. The molecule has 0 aliphatic carbocycles. The van der Waals surface area contributed by atoms with Crippen molar-refractivity contribution in [2.45, 2.75) is 37.2 Å². The predicted molar refractivity (Wildman–Crippen MR) is 108 cm³/mol. The van der Waals surface area contributed by atoms with Gasteiger partial charge in [-0.15, -0.1) is 0 Å². The maximum absolute atomic E-state index is 13.9. The molecule has 26 heavy (non-hydrogen) atoms. The van der Waals surface area contributed by atoms with Crippen LogP contribution < -0.4 is 9.04 Å². The van der Waals surface area contributed by atoms with Gasteiger partial charge in [0.2, 0.25) is 0 Å². The molecule has 140 valence electrons. The van der Waals surface area contributed by atoms with Crippen LogP contribution in [0.3, 0.4) is 0 Å². The highest BCUT2D eigenvalue weighted by molar-refractivity contribution is 8.05.